The van der Waals surface area contributed by atoms with Crippen LogP contribution < -0.4 is 0 Å². The molecule has 0 rings (SSSR count). The Bertz CT molecular complexity index is 92.0. The molecule has 60 valence electrons. The minimum absolute atomic E-state index is 0.0942. The molecule has 0 aromatic carbocycles. The van der Waals surface area contributed by atoms with Gasteiger partial charge in [0.05, 0.1) is 7.11 Å². The number of carbonyl (C=O) groups excluding carboxylic acids is 1. The van der Waals surface area contributed by atoms with Gasteiger partial charge in [-0.25, -0.2) is 4.79 Å². The average Bonchev–Trinajstić information content (AvgIpc) is 1.98. The topological polar surface area (TPSA) is 54.0 Å². The predicted octanol–water partition coefficient (Wildman–Crippen LogP) is 0.347. The molecule has 0 aromatic rings. The molecule has 0 heterocycles. The van der Waals surface area contributed by atoms with E-state index in [1.165, 1.54) is 14.2 Å². The monoisotopic (exact) mass is 150 g/mol. The van der Waals surface area contributed by atoms with Gasteiger partial charge in [-0.2, -0.15) is 0 Å². The van der Waals surface area contributed by atoms with Gasteiger partial charge in [-0.3, -0.25) is 0 Å². The van der Waals surface area contributed by atoms with Crippen LogP contribution in [-0.2, 0) is 18.9 Å². The van der Waals surface area contributed by atoms with Crippen LogP contribution in [0.3, 0.4) is 0 Å². The van der Waals surface area contributed by atoms with Crippen molar-refractivity contribution in [1.82, 2.24) is 0 Å². The van der Waals surface area contributed by atoms with E-state index in [9.17, 15) is 4.79 Å². The summed E-state index contributed by atoms with van der Waals surface area (Å²) >= 11 is 0. The van der Waals surface area contributed by atoms with Crippen LogP contribution in [0.25, 0.3) is 0 Å². The van der Waals surface area contributed by atoms with Crippen molar-refractivity contribution in [2.75, 3.05) is 27.8 Å². The highest BCUT2D eigenvalue weighted by Crippen LogP contribution is 1.82. The fraction of sp³-hybridized carbons (Fsp3) is 0.800. The molecule has 0 aliphatic carbocycles. The van der Waals surface area contributed by atoms with Gasteiger partial charge in [0.15, 0.2) is 6.79 Å². The van der Waals surface area contributed by atoms with Gasteiger partial charge in [-0.15, -0.1) is 0 Å². The summed E-state index contributed by atoms with van der Waals surface area (Å²) in [6.07, 6.45) is -0.767. The van der Waals surface area contributed by atoms with Gasteiger partial charge in [0.1, 0.15) is 6.79 Å². The maximum absolute atomic E-state index is 10.2. The summed E-state index contributed by atoms with van der Waals surface area (Å²) in [6, 6.07) is 0. The molecule has 0 saturated carbocycles. The van der Waals surface area contributed by atoms with Gasteiger partial charge >= 0.3 is 6.16 Å². The first-order valence-corrected chi connectivity index (χ1v) is 2.58. The SMILES string of the molecule is COCOCOC(=O)OC. The third-order valence-corrected chi connectivity index (χ3v) is 0.628. The summed E-state index contributed by atoms with van der Waals surface area (Å²) < 4.78 is 17.6. The van der Waals surface area contributed by atoms with Crippen molar-refractivity contribution in [2.24, 2.45) is 0 Å². The lowest BCUT2D eigenvalue weighted by atomic mass is 11.2. The van der Waals surface area contributed by atoms with Crippen LogP contribution in [0.15, 0.2) is 0 Å². The molecular weight excluding hydrogens is 140 g/mol. The molecule has 0 atom stereocenters. The highest BCUT2D eigenvalue weighted by atomic mass is 16.8. The van der Waals surface area contributed by atoms with Crippen molar-refractivity contribution in [3.63, 3.8) is 0 Å². The molecule has 0 fully saturated rings. The van der Waals surface area contributed by atoms with Crippen molar-refractivity contribution in [2.45, 2.75) is 0 Å². The van der Waals surface area contributed by atoms with Crippen LogP contribution in [0.2, 0.25) is 0 Å². The minimum Gasteiger partial charge on any atom is -0.438 e. The number of hydrogen-bond donors (Lipinski definition) is 0. The van der Waals surface area contributed by atoms with E-state index in [1.807, 2.05) is 0 Å². The highest BCUT2D eigenvalue weighted by molar-refractivity contribution is 5.59. The van der Waals surface area contributed by atoms with E-state index in [1.54, 1.807) is 0 Å². The zero-order valence-corrected chi connectivity index (χ0v) is 5.96. The molecule has 5 nitrogen and oxygen atoms in total. The maximum atomic E-state index is 10.2. The Hall–Kier alpha value is -0.810. The van der Waals surface area contributed by atoms with Crippen LogP contribution in [-0.4, -0.2) is 34.0 Å². The Morgan fingerprint density at radius 3 is 2.50 bits per heavy atom. The predicted molar refractivity (Wildman–Crippen MR) is 31.3 cm³/mol. The Morgan fingerprint density at radius 2 is 2.00 bits per heavy atom. The molecular formula is C5H10O5. The first-order valence-electron chi connectivity index (χ1n) is 2.58. The van der Waals surface area contributed by atoms with E-state index < -0.39 is 6.16 Å². The Labute approximate surface area is 58.8 Å². The van der Waals surface area contributed by atoms with Crippen LogP contribution in [0, 0.1) is 0 Å². The minimum atomic E-state index is -0.767. The van der Waals surface area contributed by atoms with Gasteiger partial charge in [0.25, 0.3) is 0 Å². The molecule has 0 saturated heterocycles. The molecule has 0 unspecified atom stereocenters. The van der Waals surface area contributed by atoms with Crippen LogP contribution >= 0.6 is 0 Å². The van der Waals surface area contributed by atoms with E-state index >= 15 is 0 Å². The second-order valence-electron chi connectivity index (χ2n) is 1.33. The maximum Gasteiger partial charge on any atom is 0.510 e. The normalized spacial score (nSPS) is 9.00. The lowest BCUT2D eigenvalue weighted by Crippen LogP contribution is -2.09. The van der Waals surface area contributed by atoms with E-state index in [4.69, 9.17) is 0 Å². The van der Waals surface area contributed by atoms with E-state index in [0.717, 1.165) is 0 Å². The molecule has 0 amide bonds. The van der Waals surface area contributed by atoms with Crippen LogP contribution in [0.1, 0.15) is 0 Å². The third kappa shape index (κ3) is 5.33. The van der Waals surface area contributed by atoms with Crippen molar-refractivity contribution < 1.29 is 23.7 Å². The number of carbonyl (C=O) groups is 1. The first kappa shape index (κ1) is 9.19. The second kappa shape index (κ2) is 6.31. The third-order valence-electron chi connectivity index (χ3n) is 0.628. The zero-order chi connectivity index (χ0) is 7.82. The van der Waals surface area contributed by atoms with Gasteiger partial charge in [-0.05, 0) is 0 Å². The Morgan fingerprint density at radius 1 is 1.30 bits per heavy atom. The van der Waals surface area contributed by atoms with Crippen molar-refractivity contribution in [3.05, 3.63) is 0 Å². The second-order valence-corrected chi connectivity index (χ2v) is 1.33. The van der Waals surface area contributed by atoms with E-state index in [-0.39, 0.29) is 13.6 Å². The molecule has 0 bridgehead atoms. The molecule has 5 heteroatoms. The number of ether oxygens (including phenoxy) is 4. The molecule has 10 heavy (non-hydrogen) atoms. The van der Waals surface area contributed by atoms with Gasteiger partial charge < -0.3 is 18.9 Å². The summed E-state index contributed by atoms with van der Waals surface area (Å²) in [6.45, 7) is -0.0580. The zero-order valence-electron chi connectivity index (χ0n) is 5.96. The lowest BCUT2D eigenvalue weighted by molar-refractivity contribution is -0.106. The molecule has 0 N–H and O–H groups in total. The number of rotatable bonds is 4. The molecule has 0 aliphatic heterocycles. The molecule has 0 aromatic heterocycles. The number of hydrogen-bond acceptors (Lipinski definition) is 5. The summed E-state index contributed by atoms with van der Waals surface area (Å²) in [5.74, 6) is 0. The average molecular weight is 150 g/mol. The lowest BCUT2D eigenvalue weighted by Gasteiger charge is -2.02. The summed E-state index contributed by atoms with van der Waals surface area (Å²) in [7, 11) is 2.69. The summed E-state index contributed by atoms with van der Waals surface area (Å²) in [5.41, 5.74) is 0. The summed E-state index contributed by atoms with van der Waals surface area (Å²) in [5, 5.41) is 0. The quantitative estimate of drug-likeness (QED) is 0.328. The highest BCUT2D eigenvalue weighted by Gasteiger charge is 1.97. The molecule has 0 spiro atoms. The molecule has 0 radical (unpaired) electrons. The van der Waals surface area contributed by atoms with Gasteiger partial charge in [-0.1, -0.05) is 0 Å². The smallest absolute Gasteiger partial charge is 0.438 e. The molecule has 0 aliphatic rings. The standard InChI is InChI=1S/C5H10O5/c1-7-3-9-4-10-5(6)8-2/h3-4H2,1-2H3. The Balaban J connectivity index is 2.96. The van der Waals surface area contributed by atoms with Crippen LogP contribution in [0.5, 0.6) is 0 Å². The van der Waals surface area contributed by atoms with Gasteiger partial charge in [0.2, 0.25) is 0 Å². The summed E-state index contributed by atoms with van der Waals surface area (Å²) in [4.78, 5) is 10.2. The van der Waals surface area contributed by atoms with Crippen molar-refractivity contribution in [1.29, 1.82) is 0 Å². The van der Waals surface area contributed by atoms with E-state index in [2.05, 4.69) is 18.9 Å². The first-order chi connectivity index (χ1) is 4.81. The Kier molecular flexibility index (Phi) is 5.80. The van der Waals surface area contributed by atoms with Crippen molar-refractivity contribution >= 4 is 6.16 Å². The fourth-order valence-corrected chi connectivity index (χ4v) is 0.266. The number of methoxy groups -OCH3 is 2. The van der Waals surface area contributed by atoms with Gasteiger partial charge in [0, 0.05) is 7.11 Å². The van der Waals surface area contributed by atoms with E-state index in [0.29, 0.717) is 0 Å². The largest absolute Gasteiger partial charge is 0.510 e. The van der Waals surface area contributed by atoms with Crippen LogP contribution in [0.4, 0.5) is 4.79 Å². The fourth-order valence-electron chi connectivity index (χ4n) is 0.266. The van der Waals surface area contributed by atoms with Crippen molar-refractivity contribution in [3.8, 4) is 0 Å².